The highest BCUT2D eigenvalue weighted by Crippen LogP contribution is 2.38. The number of benzene rings is 1. The molecule has 7 heteroatoms. The monoisotopic (exact) mass is 390 g/mol. The van der Waals surface area contributed by atoms with Crippen LogP contribution in [-0.4, -0.2) is 40.6 Å². The van der Waals surface area contributed by atoms with E-state index in [-0.39, 0.29) is 12.0 Å². The minimum Gasteiger partial charge on any atom is -0.487 e. The molecule has 0 fully saturated rings. The lowest BCUT2D eigenvalue weighted by Crippen LogP contribution is -2.34. The van der Waals surface area contributed by atoms with E-state index >= 15 is 0 Å². The largest absolute Gasteiger partial charge is 0.487 e. The number of carbonyl (C=O) groups is 1. The quantitative estimate of drug-likeness (QED) is 0.721. The Bertz CT molecular complexity index is 1070. The molecule has 1 aromatic carbocycles. The Morgan fingerprint density at radius 1 is 1.24 bits per heavy atom. The molecule has 0 unspecified atom stereocenters. The number of para-hydroxylation sites is 1. The fourth-order valence-corrected chi connectivity index (χ4v) is 3.46. The summed E-state index contributed by atoms with van der Waals surface area (Å²) in [6, 6.07) is 9.43. The normalized spacial score (nSPS) is 14.8. The van der Waals surface area contributed by atoms with Crippen LogP contribution in [0.25, 0.3) is 11.3 Å². The van der Waals surface area contributed by atoms with Gasteiger partial charge in [-0.2, -0.15) is 0 Å². The molecule has 0 radical (unpaired) electrons. The smallest absolute Gasteiger partial charge is 0.256 e. The SMILES string of the molecule is COc1ncccc1C(=O)NC[C@H]1Cc2cccc(-c3nc(C)cnc3C)c2O1. The Labute approximate surface area is 169 Å². The number of nitrogens with zero attached hydrogens (tertiary/aromatic N) is 3. The number of fused-ring (bicyclic) bond motifs is 1. The number of ether oxygens (including phenoxy) is 2. The molecule has 0 saturated carbocycles. The number of amides is 1. The zero-order chi connectivity index (χ0) is 20.4. The molecule has 0 aliphatic carbocycles. The number of pyridine rings is 1. The number of aryl methyl sites for hydroxylation is 2. The van der Waals surface area contributed by atoms with E-state index in [0.717, 1.165) is 34.0 Å². The Balaban J connectivity index is 1.50. The van der Waals surface area contributed by atoms with Gasteiger partial charge in [0.2, 0.25) is 5.88 Å². The van der Waals surface area contributed by atoms with E-state index in [9.17, 15) is 4.79 Å². The molecule has 1 aliphatic heterocycles. The highest BCUT2D eigenvalue weighted by Gasteiger charge is 2.27. The highest BCUT2D eigenvalue weighted by molar-refractivity contribution is 5.96. The molecule has 0 spiro atoms. The molecule has 148 valence electrons. The zero-order valence-corrected chi connectivity index (χ0v) is 16.6. The predicted molar refractivity (Wildman–Crippen MR) is 108 cm³/mol. The summed E-state index contributed by atoms with van der Waals surface area (Å²) in [6.07, 6.45) is 3.90. The maximum atomic E-state index is 12.5. The minimum atomic E-state index is -0.241. The lowest BCUT2D eigenvalue weighted by Gasteiger charge is -2.14. The second-order valence-electron chi connectivity index (χ2n) is 6.95. The Morgan fingerprint density at radius 2 is 2.10 bits per heavy atom. The Hall–Kier alpha value is -3.48. The number of hydrogen-bond donors (Lipinski definition) is 1. The molecule has 0 saturated heterocycles. The van der Waals surface area contributed by atoms with Crippen molar-refractivity contribution in [2.24, 2.45) is 0 Å². The van der Waals surface area contributed by atoms with Crippen molar-refractivity contribution in [3.63, 3.8) is 0 Å². The average molecular weight is 390 g/mol. The van der Waals surface area contributed by atoms with Crippen molar-refractivity contribution in [2.75, 3.05) is 13.7 Å². The van der Waals surface area contributed by atoms with Crippen LogP contribution in [0.2, 0.25) is 0 Å². The fraction of sp³-hybridized carbons (Fsp3) is 0.273. The van der Waals surface area contributed by atoms with E-state index in [2.05, 4.69) is 20.3 Å². The van der Waals surface area contributed by atoms with Crippen LogP contribution in [-0.2, 0) is 6.42 Å². The summed E-state index contributed by atoms with van der Waals surface area (Å²) in [5.74, 6) is 0.875. The lowest BCUT2D eigenvalue weighted by molar-refractivity contribution is 0.0930. The van der Waals surface area contributed by atoms with Crippen LogP contribution in [0, 0.1) is 13.8 Å². The standard InChI is InChI=1S/C22H22N4O3/c1-13-11-24-14(2)19(26-13)17-7-4-6-15-10-16(29-20(15)17)12-25-21(27)18-8-5-9-23-22(18)28-3/h4-9,11,16H,10,12H2,1-3H3,(H,25,27)/t16-/m1/s1. The summed E-state index contributed by atoms with van der Waals surface area (Å²) in [7, 11) is 1.49. The van der Waals surface area contributed by atoms with E-state index in [1.54, 1.807) is 24.5 Å². The number of carbonyl (C=O) groups excluding carboxylic acids is 1. The first-order chi connectivity index (χ1) is 14.1. The van der Waals surface area contributed by atoms with Crippen molar-refractivity contribution in [1.82, 2.24) is 20.3 Å². The Kier molecular flexibility index (Phi) is 5.12. The third-order valence-corrected chi connectivity index (χ3v) is 4.86. The van der Waals surface area contributed by atoms with Gasteiger partial charge in [0.15, 0.2) is 0 Å². The van der Waals surface area contributed by atoms with Crippen molar-refractivity contribution in [2.45, 2.75) is 26.4 Å². The van der Waals surface area contributed by atoms with Crippen molar-refractivity contribution < 1.29 is 14.3 Å². The third kappa shape index (κ3) is 3.76. The molecule has 29 heavy (non-hydrogen) atoms. The summed E-state index contributed by atoms with van der Waals surface area (Å²) in [4.78, 5) is 25.6. The maximum Gasteiger partial charge on any atom is 0.256 e. The van der Waals surface area contributed by atoms with Gasteiger partial charge in [0.25, 0.3) is 5.91 Å². The van der Waals surface area contributed by atoms with Gasteiger partial charge in [-0.05, 0) is 37.6 Å². The molecule has 2 aromatic heterocycles. The first kappa shape index (κ1) is 18.9. The Morgan fingerprint density at radius 3 is 2.93 bits per heavy atom. The van der Waals surface area contributed by atoms with Gasteiger partial charge in [-0.15, -0.1) is 0 Å². The molecule has 3 heterocycles. The molecule has 7 nitrogen and oxygen atoms in total. The van der Waals surface area contributed by atoms with Crippen LogP contribution in [0.4, 0.5) is 0 Å². The second-order valence-corrected chi connectivity index (χ2v) is 6.95. The van der Waals surface area contributed by atoms with Crippen LogP contribution >= 0.6 is 0 Å². The average Bonchev–Trinajstić information content (AvgIpc) is 3.17. The number of hydrogen-bond acceptors (Lipinski definition) is 6. The van der Waals surface area contributed by atoms with Gasteiger partial charge < -0.3 is 14.8 Å². The van der Waals surface area contributed by atoms with Crippen LogP contribution in [0.15, 0.2) is 42.7 Å². The number of rotatable bonds is 5. The van der Waals surface area contributed by atoms with Crippen LogP contribution < -0.4 is 14.8 Å². The fourth-order valence-electron chi connectivity index (χ4n) is 3.46. The topological polar surface area (TPSA) is 86.2 Å². The minimum absolute atomic E-state index is 0.157. The number of methoxy groups -OCH3 is 1. The molecule has 0 bridgehead atoms. The van der Waals surface area contributed by atoms with Gasteiger partial charge in [-0.25, -0.2) is 9.97 Å². The number of aromatic nitrogens is 3. The van der Waals surface area contributed by atoms with Gasteiger partial charge in [-0.1, -0.05) is 12.1 Å². The van der Waals surface area contributed by atoms with E-state index in [0.29, 0.717) is 24.4 Å². The molecule has 1 atom stereocenters. The van der Waals surface area contributed by atoms with Gasteiger partial charge in [0, 0.05) is 24.4 Å². The van der Waals surface area contributed by atoms with Gasteiger partial charge in [-0.3, -0.25) is 9.78 Å². The summed E-state index contributed by atoms with van der Waals surface area (Å²) in [5.41, 5.74) is 4.97. The summed E-state index contributed by atoms with van der Waals surface area (Å²) >= 11 is 0. The first-order valence-corrected chi connectivity index (χ1v) is 9.43. The molecule has 4 rings (SSSR count). The van der Waals surface area contributed by atoms with E-state index in [1.165, 1.54) is 7.11 Å². The molecule has 1 amide bonds. The summed E-state index contributed by atoms with van der Waals surface area (Å²) in [5, 5.41) is 2.92. The highest BCUT2D eigenvalue weighted by atomic mass is 16.5. The summed E-state index contributed by atoms with van der Waals surface area (Å²) < 4.78 is 11.4. The maximum absolute atomic E-state index is 12.5. The van der Waals surface area contributed by atoms with Gasteiger partial charge >= 0.3 is 0 Å². The van der Waals surface area contributed by atoms with Gasteiger partial charge in [0.05, 0.1) is 30.7 Å². The lowest BCUT2D eigenvalue weighted by atomic mass is 10.0. The van der Waals surface area contributed by atoms with E-state index in [4.69, 9.17) is 9.47 Å². The third-order valence-electron chi connectivity index (χ3n) is 4.86. The van der Waals surface area contributed by atoms with Crippen LogP contribution in [0.3, 0.4) is 0 Å². The van der Waals surface area contributed by atoms with Crippen LogP contribution in [0.5, 0.6) is 11.6 Å². The van der Waals surface area contributed by atoms with E-state index in [1.807, 2.05) is 32.0 Å². The van der Waals surface area contributed by atoms with Gasteiger partial charge in [0.1, 0.15) is 17.4 Å². The molecule has 1 aliphatic rings. The van der Waals surface area contributed by atoms with E-state index < -0.39 is 0 Å². The first-order valence-electron chi connectivity index (χ1n) is 9.43. The van der Waals surface area contributed by atoms with Crippen molar-refractivity contribution >= 4 is 5.91 Å². The second kappa shape index (κ2) is 7.87. The molecular weight excluding hydrogens is 368 g/mol. The van der Waals surface area contributed by atoms with Crippen LogP contribution in [0.1, 0.15) is 27.3 Å². The molecule has 1 N–H and O–H groups in total. The van der Waals surface area contributed by atoms with Crippen molar-refractivity contribution in [3.05, 3.63) is 65.2 Å². The predicted octanol–water partition coefficient (Wildman–Crippen LogP) is 2.90. The zero-order valence-electron chi connectivity index (χ0n) is 16.6. The van der Waals surface area contributed by atoms with Crippen molar-refractivity contribution in [1.29, 1.82) is 0 Å². The van der Waals surface area contributed by atoms with Crippen molar-refractivity contribution in [3.8, 4) is 22.9 Å². The molecule has 3 aromatic rings. The molecular formula is C22H22N4O3. The number of nitrogens with one attached hydrogen (secondary N) is 1. The summed E-state index contributed by atoms with van der Waals surface area (Å²) in [6.45, 7) is 4.24.